The van der Waals surface area contributed by atoms with Crippen molar-refractivity contribution >= 4 is 51.6 Å². The number of amides is 2. The number of carbonyl (C=O) groups excluding carboxylic acids is 2. The number of anilines is 1. The Hall–Kier alpha value is -2.90. The summed E-state index contributed by atoms with van der Waals surface area (Å²) in [6.07, 6.45) is 1.51. The summed E-state index contributed by atoms with van der Waals surface area (Å²) in [6.45, 7) is 1.93. The van der Waals surface area contributed by atoms with Crippen LogP contribution < -0.4 is 10.9 Å². The first-order valence-electron chi connectivity index (χ1n) is 9.20. The number of halogens is 2. The zero-order chi connectivity index (χ0) is 21.8. The van der Waals surface area contributed by atoms with Crippen LogP contribution in [0.2, 0.25) is 10.0 Å². The van der Waals surface area contributed by atoms with E-state index in [1.165, 1.54) is 28.9 Å². The third-order valence-corrected chi connectivity index (χ3v) is 5.37. The number of para-hydroxylation sites is 1. The summed E-state index contributed by atoms with van der Waals surface area (Å²) in [5.41, 5.74) is 1.86. The fraction of sp³-hybridized carbons (Fsp3) is 0.238. The Morgan fingerprint density at radius 1 is 1.17 bits per heavy atom. The Balaban J connectivity index is 1.58. The molecule has 0 saturated heterocycles. The number of nitrogens with zero attached hydrogens (tertiary/aromatic N) is 3. The number of benzene rings is 2. The van der Waals surface area contributed by atoms with E-state index in [1.807, 2.05) is 13.0 Å². The van der Waals surface area contributed by atoms with Crippen molar-refractivity contribution in [2.24, 2.45) is 0 Å². The number of nitrogens with one attached hydrogen (secondary N) is 1. The van der Waals surface area contributed by atoms with Crippen LogP contribution in [-0.4, -0.2) is 39.9 Å². The van der Waals surface area contributed by atoms with Crippen LogP contribution in [-0.2, 0) is 16.1 Å². The fourth-order valence-corrected chi connectivity index (χ4v) is 3.28. The molecule has 0 atom stereocenters. The molecular formula is C21H20Cl2N4O3. The highest BCUT2D eigenvalue weighted by molar-refractivity contribution is 6.42. The predicted molar refractivity (Wildman–Crippen MR) is 118 cm³/mol. The van der Waals surface area contributed by atoms with Gasteiger partial charge in [0.05, 0.1) is 33.8 Å². The van der Waals surface area contributed by atoms with Crippen LogP contribution in [0.3, 0.4) is 0 Å². The quantitative estimate of drug-likeness (QED) is 0.627. The lowest BCUT2D eigenvalue weighted by atomic mass is 10.1. The summed E-state index contributed by atoms with van der Waals surface area (Å²) in [5, 5.41) is 3.88. The molecule has 1 N–H and O–H groups in total. The lowest BCUT2D eigenvalue weighted by molar-refractivity contribution is -0.133. The van der Waals surface area contributed by atoms with E-state index in [4.69, 9.17) is 23.2 Å². The molecule has 7 nitrogen and oxygen atoms in total. The Morgan fingerprint density at radius 3 is 2.67 bits per heavy atom. The van der Waals surface area contributed by atoms with Gasteiger partial charge in [0, 0.05) is 25.7 Å². The van der Waals surface area contributed by atoms with Gasteiger partial charge in [-0.1, -0.05) is 35.3 Å². The lowest BCUT2D eigenvalue weighted by Crippen LogP contribution is -2.35. The predicted octanol–water partition coefficient (Wildman–Crippen LogP) is 3.50. The van der Waals surface area contributed by atoms with E-state index < -0.39 is 0 Å². The summed E-state index contributed by atoms with van der Waals surface area (Å²) in [6, 6.07) is 10.1. The van der Waals surface area contributed by atoms with Crippen molar-refractivity contribution in [2.45, 2.75) is 19.9 Å². The van der Waals surface area contributed by atoms with Crippen molar-refractivity contribution in [2.75, 3.05) is 18.9 Å². The molecule has 0 bridgehead atoms. The molecule has 0 spiro atoms. The van der Waals surface area contributed by atoms with Crippen molar-refractivity contribution in [3.05, 3.63) is 68.7 Å². The van der Waals surface area contributed by atoms with Gasteiger partial charge in [-0.3, -0.25) is 19.0 Å². The van der Waals surface area contributed by atoms with E-state index in [0.29, 0.717) is 26.6 Å². The maximum absolute atomic E-state index is 12.6. The molecule has 0 saturated carbocycles. The van der Waals surface area contributed by atoms with Crippen LogP contribution in [0.15, 0.2) is 47.5 Å². The van der Waals surface area contributed by atoms with Crippen molar-refractivity contribution in [3.63, 3.8) is 0 Å². The second-order valence-corrected chi connectivity index (χ2v) is 7.71. The highest BCUT2D eigenvalue weighted by Gasteiger charge is 2.14. The Labute approximate surface area is 183 Å². The summed E-state index contributed by atoms with van der Waals surface area (Å²) >= 11 is 11.8. The molecule has 0 aliphatic rings. The van der Waals surface area contributed by atoms with Crippen molar-refractivity contribution in [1.82, 2.24) is 14.5 Å². The minimum Gasteiger partial charge on any atom is -0.336 e. The Morgan fingerprint density at radius 2 is 1.93 bits per heavy atom. The number of hydrogen-bond donors (Lipinski definition) is 1. The molecule has 1 aromatic heterocycles. The smallest absolute Gasteiger partial charge is 0.261 e. The number of fused-ring (bicyclic) bond motifs is 1. The molecule has 30 heavy (non-hydrogen) atoms. The first-order valence-corrected chi connectivity index (χ1v) is 9.95. The van der Waals surface area contributed by atoms with Gasteiger partial charge in [0.2, 0.25) is 11.8 Å². The van der Waals surface area contributed by atoms with Gasteiger partial charge >= 0.3 is 0 Å². The molecule has 0 aliphatic carbocycles. The third kappa shape index (κ3) is 4.98. The van der Waals surface area contributed by atoms with Crippen LogP contribution in [0, 0.1) is 6.92 Å². The number of aryl methyl sites for hydroxylation is 2. The van der Waals surface area contributed by atoms with Crippen molar-refractivity contribution < 1.29 is 9.59 Å². The molecule has 3 rings (SSSR count). The molecule has 0 fully saturated rings. The van der Waals surface area contributed by atoms with E-state index >= 15 is 0 Å². The molecule has 3 aromatic rings. The highest BCUT2D eigenvalue weighted by Crippen LogP contribution is 2.24. The average molecular weight is 447 g/mol. The van der Waals surface area contributed by atoms with Crippen molar-refractivity contribution in [1.29, 1.82) is 0 Å². The fourth-order valence-electron chi connectivity index (χ4n) is 2.98. The van der Waals surface area contributed by atoms with E-state index in [9.17, 15) is 14.4 Å². The number of carbonyl (C=O) groups is 2. The topological polar surface area (TPSA) is 84.3 Å². The summed E-state index contributed by atoms with van der Waals surface area (Å²) in [4.78, 5) is 42.8. The normalized spacial score (nSPS) is 10.8. The Bertz CT molecular complexity index is 1180. The van der Waals surface area contributed by atoms with Gasteiger partial charge in [-0.2, -0.15) is 0 Å². The number of aromatic nitrogens is 2. The second kappa shape index (κ2) is 9.28. The van der Waals surface area contributed by atoms with Crippen LogP contribution in [0.4, 0.5) is 5.69 Å². The molecule has 9 heteroatoms. The molecule has 2 amide bonds. The van der Waals surface area contributed by atoms with E-state index in [1.54, 1.807) is 24.3 Å². The van der Waals surface area contributed by atoms with Gasteiger partial charge in [0.25, 0.3) is 5.56 Å². The first kappa shape index (κ1) is 21.8. The Kier molecular flexibility index (Phi) is 6.74. The average Bonchev–Trinajstić information content (AvgIpc) is 2.70. The molecule has 0 unspecified atom stereocenters. The van der Waals surface area contributed by atoms with Gasteiger partial charge in [-0.25, -0.2) is 4.98 Å². The van der Waals surface area contributed by atoms with E-state index in [0.717, 1.165) is 5.56 Å². The molecule has 156 valence electrons. The van der Waals surface area contributed by atoms with Crippen molar-refractivity contribution in [3.8, 4) is 0 Å². The maximum atomic E-state index is 12.6. The monoisotopic (exact) mass is 446 g/mol. The maximum Gasteiger partial charge on any atom is 0.261 e. The minimum absolute atomic E-state index is 0.0649. The van der Waals surface area contributed by atoms with Crippen LogP contribution in [0.5, 0.6) is 0 Å². The largest absolute Gasteiger partial charge is 0.336 e. The molecular weight excluding hydrogens is 427 g/mol. The number of hydrogen-bond acceptors (Lipinski definition) is 4. The zero-order valence-corrected chi connectivity index (χ0v) is 18.0. The second-order valence-electron chi connectivity index (χ2n) is 6.89. The van der Waals surface area contributed by atoms with E-state index in [2.05, 4.69) is 10.3 Å². The third-order valence-electron chi connectivity index (χ3n) is 4.63. The number of likely N-dealkylation sites (N-methyl/N-ethyl adjacent to an activating group) is 1. The summed E-state index contributed by atoms with van der Waals surface area (Å²) < 4.78 is 1.41. The molecule has 1 heterocycles. The summed E-state index contributed by atoms with van der Waals surface area (Å²) in [7, 11) is 1.53. The minimum atomic E-state index is -0.371. The SMILES string of the molecule is Cc1cccc2c(=O)n(CCC(=O)N(C)CC(=O)Nc3ccc(Cl)c(Cl)c3)cnc12. The molecule has 0 aliphatic heterocycles. The number of rotatable bonds is 6. The van der Waals surface area contributed by atoms with Crippen LogP contribution >= 0.6 is 23.2 Å². The van der Waals surface area contributed by atoms with E-state index in [-0.39, 0.29) is 36.9 Å². The zero-order valence-electron chi connectivity index (χ0n) is 16.5. The van der Waals surface area contributed by atoms with Gasteiger partial charge in [0.1, 0.15) is 0 Å². The van der Waals surface area contributed by atoms with Gasteiger partial charge in [-0.15, -0.1) is 0 Å². The van der Waals surface area contributed by atoms with Crippen LogP contribution in [0.1, 0.15) is 12.0 Å². The van der Waals surface area contributed by atoms with Gasteiger partial charge < -0.3 is 10.2 Å². The highest BCUT2D eigenvalue weighted by atomic mass is 35.5. The molecule has 2 aromatic carbocycles. The first-order chi connectivity index (χ1) is 14.3. The summed E-state index contributed by atoms with van der Waals surface area (Å²) in [5.74, 6) is -0.639. The standard InChI is InChI=1S/C21H20Cl2N4O3/c1-13-4-3-5-15-20(13)24-12-27(21(15)30)9-8-19(29)26(2)11-18(28)25-14-6-7-16(22)17(23)10-14/h3-7,10,12H,8-9,11H2,1-2H3,(H,25,28). The lowest BCUT2D eigenvalue weighted by Gasteiger charge is -2.17. The van der Waals surface area contributed by atoms with Crippen LogP contribution in [0.25, 0.3) is 10.9 Å². The van der Waals surface area contributed by atoms with Gasteiger partial charge in [0.15, 0.2) is 0 Å². The van der Waals surface area contributed by atoms with Gasteiger partial charge in [-0.05, 0) is 36.8 Å². The molecule has 0 radical (unpaired) electrons.